The Bertz CT molecular complexity index is 850. The molecular weight excluding hydrogens is 417 g/mol. The van der Waals surface area contributed by atoms with Crippen molar-refractivity contribution in [3.05, 3.63) is 29.3 Å². The van der Waals surface area contributed by atoms with Gasteiger partial charge in [0.05, 0.1) is 31.4 Å². The Morgan fingerprint density at radius 2 is 2.10 bits per heavy atom. The maximum atomic E-state index is 13.0. The number of urea groups is 1. The predicted octanol–water partition coefficient (Wildman–Crippen LogP) is 1.66. The molecule has 4 atom stereocenters. The van der Waals surface area contributed by atoms with E-state index in [2.05, 4.69) is 16.0 Å². The van der Waals surface area contributed by atoms with Crippen molar-refractivity contribution in [2.24, 2.45) is 0 Å². The summed E-state index contributed by atoms with van der Waals surface area (Å²) in [5.74, 6) is -0.749. The number of halogens is 3. The minimum absolute atomic E-state index is 0.0383. The number of hydrogen-bond acceptors (Lipinski definition) is 5. The van der Waals surface area contributed by atoms with Crippen LogP contribution in [0, 0.1) is 0 Å². The lowest BCUT2D eigenvalue weighted by atomic mass is 9.89. The topological polar surface area (TPSA) is 103 Å². The van der Waals surface area contributed by atoms with Crippen molar-refractivity contribution in [1.82, 2.24) is 15.5 Å². The highest BCUT2D eigenvalue weighted by atomic mass is 19.4. The molecule has 0 unspecified atom stereocenters. The first kappa shape index (κ1) is 21.7. The van der Waals surface area contributed by atoms with Crippen molar-refractivity contribution in [1.29, 1.82) is 0 Å². The largest absolute Gasteiger partial charge is 0.408 e. The van der Waals surface area contributed by atoms with Gasteiger partial charge in [0.15, 0.2) is 0 Å². The van der Waals surface area contributed by atoms with Crippen LogP contribution < -0.4 is 16.0 Å². The van der Waals surface area contributed by atoms with Crippen LogP contribution in [0.4, 0.5) is 23.7 Å². The molecule has 2 fully saturated rings. The van der Waals surface area contributed by atoms with Crippen LogP contribution >= 0.6 is 0 Å². The molecule has 4 rings (SSSR count). The third kappa shape index (κ3) is 4.72. The molecule has 3 heterocycles. The van der Waals surface area contributed by atoms with Crippen molar-refractivity contribution in [3.63, 3.8) is 0 Å². The summed E-state index contributed by atoms with van der Waals surface area (Å²) < 4.78 is 44.6. The summed E-state index contributed by atoms with van der Waals surface area (Å²) in [6, 6.07) is 3.12. The first-order valence-electron chi connectivity index (χ1n) is 10.3. The fourth-order valence-electron chi connectivity index (χ4n) is 4.39. The monoisotopic (exact) mass is 442 g/mol. The van der Waals surface area contributed by atoms with Gasteiger partial charge in [-0.15, -0.1) is 0 Å². The molecule has 170 valence electrons. The number of benzene rings is 1. The highest BCUT2D eigenvalue weighted by molar-refractivity contribution is 5.84. The average molecular weight is 442 g/mol. The highest BCUT2D eigenvalue weighted by Gasteiger charge is 2.47. The fourth-order valence-corrected chi connectivity index (χ4v) is 4.39. The van der Waals surface area contributed by atoms with Crippen LogP contribution in [0.15, 0.2) is 18.2 Å². The van der Waals surface area contributed by atoms with Crippen LogP contribution in [0.1, 0.15) is 36.5 Å². The number of nitrogens with zero attached hydrogens (tertiary/aromatic N) is 1. The molecule has 3 aliphatic rings. The van der Waals surface area contributed by atoms with Gasteiger partial charge in [0, 0.05) is 30.8 Å². The van der Waals surface area contributed by atoms with Gasteiger partial charge in [-0.3, -0.25) is 4.79 Å². The van der Waals surface area contributed by atoms with Gasteiger partial charge in [-0.05, 0) is 30.5 Å². The van der Waals surface area contributed by atoms with Crippen molar-refractivity contribution in [2.45, 2.75) is 56.3 Å². The number of carbonyl (C=O) groups is 2. The molecule has 11 heteroatoms. The van der Waals surface area contributed by atoms with E-state index >= 15 is 0 Å². The molecule has 0 saturated carbocycles. The Morgan fingerprint density at radius 1 is 1.29 bits per heavy atom. The Kier molecular flexibility index (Phi) is 5.98. The molecule has 0 aliphatic carbocycles. The van der Waals surface area contributed by atoms with E-state index in [-0.39, 0.29) is 38.3 Å². The molecule has 4 N–H and O–H groups in total. The summed E-state index contributed by atoms with van der Waals surface area (Å²) in [5.41, 5.74) is 2.64. The number of hydrogen-bond donors (Lipinski definition) is 4. The van der Waals surface area contributed by atoms with Crippen molar-refractivity contribution < 1.29 is 32.6 Å². The zero-order valence-electron chi connectivity index (χ0n) is 16.7. The van der Waals surface area contributed by atoms with Crippen molar-refractivity contribution >= 4 is 17.6 Å². The second kappa shape index (κ2) is 8.54. The summed E-state index contributed by atoms with van der Waals surface area (Å²) in [4.78, 5) is 24.9. The molecule has 2 bridgehead atoms. The molecular formula is C20H25F3N4O4. The third-order valence-electron chi connectivity index (χ3n) is 6.01. The fraction of sp³-hybridized carbons (Fsp3) is 0.600. The number of likely N-dealkylation sites (tertiary alicyclic amines) is 1. The van der Waals surface area contributed by atoms with Gasteiger partial charge in [-0.2, -0.15) is 13.2 Å². The van der Waals surface area contributed by atoms with E-state index in [1.807, 2.05) is 18.2 Å². The van der Waals surface area contributed by atoms with Crippen LogP contribution in [0.5, 0.6) is 0 Å². The van der Waals surface area contributed by atoms with Crippen LogP contribution in [0.25, 0.3) is 0 Å². The molecule has 2 saturated heterocycles. The Labute approximate surface area is 177 Å². The summed E-state index contributed by atoms with van der Waals surface area (Å²) in [6.07, 6.45) is -4.31. The number of carbonyl (C=O) groups excluding carboxylic acids is 2. The van der Waals surface area contributed by atoms with Crippen LogP contribution in [0.2, 0.25) is 0 Å². The van der Waals surface area contributed by atoms with Gasteiger partial charge >= 0.3 is 12.2 Å². The van der Waals surface area contributed by atoms with Gasteiger partial charge in [0.2, 0.25) is 5.91 Å². The standard InChI is InChI=1S/C20H25F3N4O4/c21-20(22,23)17-2-1-5-27(17)18(29)9-25-19(30)24-8-11-3-4-13-12(6-11)16-7-14(26-13)15(28)10-31-16/h3-4,6,14-17,26,28H,1-2,5,7-10H2,(H2,24,25,30)/t14-,15-,16-,17-/m1/s1. The number of ether oxygens (including phenoxy) is 1. The van der Waals surface area contributed by atoms with E-state index < -0.39 is 36.8 Å². The van der Waals surface area contributed by atoms with Crippen molar-refractivity contribution in [3.8, 4) is 0 Å². The van der Waals surface area contributed by atoms with E-state index in [9.17, 15) is 27.9 Å². The lowest BCUT2D eigenvalue weighted by Crippen LogP contribution is -2.49. The molecule has 3 amide bonds. The minimum atomic E-state index is -4.46. The van der Waals surface area contributed by atoms with E-state index in [0.717, 1.165) is 21.7 Å². The van der Waals surface area contributed by atoms with E-state index in [1.54, 1.807) is 0 Å². The quantitative estimate of drug-likeness (QED) is 0.568. The van der Waals surface area contributed by atoms with Gasteiger partial charge < -0.3 is 30.7 Å². The second-order valence-electron chi connectivity index (χ2n) is 8.12. The lowest BCUT2D eigenvalue weighted by Gasteiger charge is -2.40. The zero-order valence-corrected chi connectivity index (χ0v) is 16.7. The normalized spacial score (nSPS) is 27.3. The minimum Gasteiger partial charge on any atom is -0.389 e. The van der Waals surface area contributed by atoms with Crippen LogP contribution in [0.3, 0.4) is 0 Å². The molecule has 3 aliphatic heterocycles. The molecule has 1 aromatic rings. The van der Waals surface area contributed by atoms with Gasteiger partial charge in [-0.25, -0.2) is 4.79 Å². The summed E-state index contributed by atoms with van der Waals surface area (Å²) in [7, 11) is 0. The smallest absolute Gasteiger partial charge is 0.389 e. The first-order chi connectivity index (χ1) is 14.7. The predicted molar refractivity (Wildman–Crippen MR) is 104 cm³/mol. The molecule has 31 heavy (non-hydrogen) atoms. The second-order valence-corrected chi connectivity index (χ2v) is 8.12. The maximum absolute atomic E-state index is 13.0. The molecule has 0 aromatic heterocycles. The molecule has 0 spiro atoms. The van der Waals surface area contributed by atoms with Gasteiger partial charge in [0.1, 0.15) is 6.04 Å². The van der Waals surface area contributed by atoms with Gasteiger partial charge in [-0.1, -0.05) is 6.07 Å². The third-order valence-corrected chi connectivity index (χ3v) is 6.01. The molecule has 0 radical (unpaired) electrons. The van der Waals surface area contributed by atoms with Crippen molar-refractivity contribution in [2.75, 3.05) is 25.0 Å². The lowest BCUT2D eigenvalue weighted by molar-refractivity contribution is -0.182. The number of anilines is 1. The van der Waals surface area contributed by atoms with Crippen LogP contribution in [-0.2, 0) is 16.1 Å². The molecule has 8 nitrogen and oxygen atoms in total. The van der Waals surface area contributed by atoms with Crippen LogP contribution in [-0.4, -0.2) is 66.0 Å². The van der Waals surface area contributed by atoms with Gasteiger partial charge in [0.25, 0.3) is 0 Å². The van der Waals surface area contributed by atoms with E-state index in [0.29, 0.717) is 12.8 Å². The number of rotatable bonds is 4. The Morgan fingerprint density at radius 3 is 2.87 bits per heavy atom. The summed E-state index contributed by atoms with van der Waals surface area (Å²) >= 11 is 0. The number of alkyl halides is 3. The number of amides is 3. The number of aliphatic hydroxyl groups is 1. The summed E-state index contributed by atoms with van der Waals surface area (Å²) in [6.45, 7) is -0.0173. The zero-order chi connectivity index (χ0) is 22.2. The summed E-state index contributed by atoms with van der Waals surface area (Å²) in [5, 5.41) is 18.2. The number of aliphatic hydroxyl groups excluding tert-OH is 1. The SMILES string of the molecule is O=C(NCC(=O)N1CCC[C@@H]1C(F)(F)F)NCc1ccc2c(c1)[C@H]1C[C@@H](N2)[C@H](O)CO1. The van der Waals surface area contributed by atoms with E-state index in [1.165, 1.54) is 0 Å². The maximum Gasteiger partial charge on any atom is 0.408 e. The van der Waals surface area contributed by atoms with E-state index in [4.69, 9.17) is 4.74 Å². The number of fused-ring (bicyclic) bond motifs is 4. The average Bonchev–Trinajstić information content (AvgIpc) is 3.24. The first-order valence-corrected chi connectivity index (χ1v) is 10.3. The Balaban J connectivity index is 1.27. The Hall–Kier alpha value is -2.53. The molecule has 1 aromatic carbocycles. The number of nitrogens with one attached hydrogen (secondary N) is 3. The highest BCUT2D eigenvalue weighted by Crippen LogP contribution is 2.39.